The molecule has 2 aliphatic heterocycles. The lowest BCUT2D eigenvalue weighted by Gasteiger charge is -2.37. The van der Waals surface area contributed by atoms with Crippen molar-refractivity contribution in [3.63, 3.8) is 0 Å². The summed E-state index contributed by atoms with van der Waals surface area (Å²) >= 11 is 0. The predicted molar refractivity (Wildman–Crippen MR) is 90.1 cm³/mol. The van der Waals surface area contributed by atoms with Gasteiger partial charge in [-0.05, 0) is 18.9 Å². The lowest BCUT2D eigenvalue weighted by Crippen LogP contribution is -2.52. The van der Waals surface area contributed by atoms with Crippen LogP contribution in [0.15, 0.2) is 24.3 Å². The number of aryl methyl sites for hydroxylation is 1. The molecule has 0 aliphatic carbocycles. The highest BCUT2D eigenvalue weighted by molar-refractivity contribution is 7.91. The van der Waals surface area contributed by atoms with Crippen molar-refractivity contribution in [3.8, 4) is 0 Å². The largest absolute Gasteiger partial charge is 0.340 e. The molecule has 2 aliphatic rings. The van der Waals surface area contributed by atoms with Crippen molar-refractivity contribution in [2.75, 3.05) is 37.7 Å². The maximum absolute atomic E-state index is 12.4. The number of hydrogen-bond acceptors (Lipinski definition) is 4. The van der Waals surface area contributed by atoms with Gasteiger partial charge in [0.1, 0.15) is 0 Å². The van der Waals surface area contributed by atoms with E-state index in [4.69, 9.17) is 0 Å². The lowest BCUT2D eigenvalue weighted by atomic mass is 10.1. The Morgan fingerprint density at radius 1 is 1.22 bits per heavy atom. The third-order valence-corrected chi connectivity index (χ3v) is 6.58. The van der Waals surface area contributed by atoms with E-state index in [1.807, 2.05) is 30.0 Å². The zero-order chi connectivity index (χ0) is 16.4. The van der Waals surface area contributed by atoms with Gasteiger partial charge in [-0.1, -0.05) is 29.8 Å². The Bertz CT molecular complexity index is 679. The van der Waals surface area contributed by atoms with Crippen LogP contribution in [0.1, 0.15) is 17.5 Å². The van der Waals surface area contributed by atoms with Gasteiger partial charge in [-0.25, -0.2) is 8.42 Å². The van der Waals surface area contributed by atoms with E-state index < -0.39 is 9.84 Å². The van der Waals surface area contributed by atoms with Gasteiger partial charge in [-0.2, -0.15) is 0 Å². The number of carbonyl (C=O) groups excluding carboxylic acids is 1. The van der Waals surface area contributed by atoms with Gasteiger partial charge in [-0.3, -0.25) is 9.69 Å². The molecule has 0 bridgehead atoms. The molecule has 1 amide bonds. The second-order valence-electron chi connectivity index (χ2n) is 6.64. The summed E-state index contributed by atoms with van der Waals surface area (Å²) in [5.74, 6) is 0.753. The van der Waals surface area contributed by atoms with E-state index in [9.17, 15) is 13.2 Å². The van der Waals surface area contributed by atoms with Gasteiger partial charge in [0.25, 0.3) is 0 Å². The summed E-state index contributed by atoms with van der Waals surface area (Å²) in [6.45, 7) is 4.98. The minimum absolute atomic E-state index is 0.147. The van der Waals surface area contributed by atoms with E-state index in [0.717, 1.165) is 25.1 Å². The van der Waals surface area contributed by atoms with Gasteiger partial charge in [0.2, 0.25) is 5.91 Å². The van der Waals surface area contributed by atoms with Crippen molar-refractivity contribution >= 4 is 15.7 Å². The average molecular weight is 336 g/mol. The number of rotatable bonds is 3. The molecule has 2 saturated heterocycles. The Morgan fingerprint density at radius 3 is 2.57 bits per heavy atom. The highest BCUT2D eigenvalue weighted by atomic mass is 32.2. The normalized spacial score (nSPS) is 24.7. The fourth-order valence-electron chi connectivity index (χ4n) is 3.51. The Balaban J connectivity index is 1.51. The summed E-state index contributed by atoms with van der Waals surface area (Å²) in [5, 5.41) is 0. The molecule has 23 heavy (non-hydrogen) atoms. The lowest BCUT2D eigenvalue weighted by molar-refractivity contribution is -0.132. The van der Waals surface area contributed by atoms with E-state index in [-0.39, 0.29) is 17.7 Å². The first kappa shape index (κ1) is 16.5. The average Bonchev–Trinajstić information content (AvgIpc) is 2.87. The van der Waals surface area contributed by atoms with Gasteiger partial charge in [0, 0.05) is 32.2 Å². The molecule has 2 fully saturated rings. The van der Waals surface area contributed by atoms with Crippen molar-refractivity contribution < 1.29 is 13.2 Å². The number of sulfone groups is 1. The monoisotopic (exact) mass is 336 g/mol. The summed E-state index contributed by atoms with van der Waals surface area (Å²) in [5.41, 5.74) is 2.22. The molecular formula is C17H24N2O3S. The first-order valence-corrected chi connectivity index (χ1v) is 10.0. The summed E-state index contributed by atoms with van der Waals surface area (Å²) in [7, 11) is -2.84. The number of nitrogens with zero attached hydrogens (tertiary/aromatic N) is 2. The number of amides is 1. The maximum Gasteiger partial charge on any atom is 0.227 e. The molecule has 0 saturated carbocycles. The SMILES string of the molecule is Cc1cccc(CC(=O)N2CCN(C3CCS(=O)(=O)C3)CC2)c1. The van der Waals surface area contributed by atoms with Gasteiger partial charge in [0.15, 0.2) is 9.84 Å². The van der Waals surface area contributed by atoms with Crippen LogP contribution < -0.4 is 0 Å². The summed E-state index contributed by atoms with van der Waals surface area (Å²) < 4.78 is 23.2. The van der Waals surface area contributed by atoms with Crippen LogP contribution in [0.4, 0.5) is 0 Å². The molecule has 0 radical (unpaired) electrons. The molecule has 2 heterocycles. The topological polar surface area (TPSA) is 57.7 Å². The summed E-state index contributed by atoms with van der Waals surface area (Å²) in [4.78, 5) is 16.6. The Morgan fingerprint density at radius 2 is 1.96 bits per heavy atom. The highest BCUT2D eigenvalue weighted by Crippen LogP contribution is 2.19. The number of benzene rings is 1. The fourth-order valence-corrected chi connectivity index (χ4v) is 5.27. The smallest absolute Gasteiger partial charge is 0.227 e. The zero-order valence-corrected chi connectivity index (χ0v) is 14.4. The quantitative estimate of drug-likeness (QED) is 0.822. The van der Waals surface area contributed by atoms with E-state index >= 15 is 0 Å². The number of carbonyl (C=O) groups is 1. The molecule has 1 aromatic rings. The minimum atomic E-state index is -2.84. The van der Waals surface area contributed by atoms with E-state index in [1.54, 1.807) is 0 Å². The molecule has 1 unspecified atom stereocenters. The first-order valence-electron chi connectivity index (χ1n) is 8.21. The van der Waals surface area contributed by atoms with Crippen LogP contribution in [0.3, 0.4) is 0 Å². The molecule has 0 spiro atoms. The molecule has 1 aromatic carbocycles. The van der Waals surface area contributed by atoms with E-state index in [2.05, 4.69) is 11.0 Å². The van der Waals surface area contributed by atoms with E-state index in [0.29, 0.717) is 25.3 Å². The fraction of sp³-hybridized carbons (Fsp3) is 0.588. The van der Waals surface area contributed by atoms with Gasteiger partial charge < -0.3 is 4.90 Å². The molecule has 5 nitrogen and oxygen atoms in total. The highest BCUT2D eigenvalue weighted by Gasteiger charge is 2.34. The van der Waals surface area contributed by atoms with Crippen LogP contribution in [0.25, 0.3) is 0 Å². The van der Waals surface area contributed by atoms with Crippen LogP contribution in [0.5, 0.6) is 0 Å². The second kappa shape index (κ2) is 6.61. The van der Waals surface area contributed by atoms with Crippen LogP contribution in [0, 0.1) is 6.92 Å². The third kappa shape index (κ3) is 4.12. The molecular weight excluding hydrogens is 312 g/mol. The van der Waals surface area contributed by atoms with Gasteiger partial charge in [-0.15, -0.1) is 0 Å². The Labute approximate surface area is 138 Å². The molecule has 126 valence electrons. The van der Waals surface area contributed by atoms with Crippen molar-refractivity contribution in [2.45, 2.75) is 25.8 Å². The third-order valence-electron chi connectivity index (χ3n) is 4.83. The Kier molecular flexibility index (Phi) is 4.73. The second-order valence-corrected chi connectivity index (χ2v) is 8.87. The van der Waals surface area contributed by atoms with Crippen molar-refractivity contribution in [1.29, 1.82) is 0 Å². The van der Waals surface area contributed by atoms with Crippen LogP contribution in [0.2, 0.25) is 0 Å². The number of piperazine rings is 1. The van der Waals surface area contributed by atoms with Crippen LogP contribution >= 0.6 is 0 Å². The van der Waals surface area contributed by atoms with Crippen LogP contribution in [-0.2, 0) is 21.1 Å². The molecule has 3 rings (SSSR count). The van der Waals surface area contributed by atoms with Gasteiger partial charge in [0.05, 0.1) is 17.9 Å². The van der Waals surface area contributed by atoms with E-state index in [1.165, 1.54) is 5.56 Å². The zero-order valence-electron chi connectivity index (χ0n) is 13.6. The van der Waals surface area contributed by atoms with Crippen molar-refractivity contribution in [3.05, 3.63) is 35.4 Å². The Hall–Kier alpha value is -1.40. The molecule has 6 heteroatoms. The standard InChI is InChI=1S/C17H24N2O3S/c1-14-3-2-4-15(11-14)12-17(20)19-8-6-18(7-9-19)16-5-10-23(21,22)13-16/h2-4,11,16H,5-10,12-13H2,1H3. The van der Waals surface area contributed by atoms with Crippen molar-refractivity contribution in [1.82, 2.24) is 9.80 Å². The molecule has 0 aromatic heterocycles. The maximum atomic E-state index is 12.4. The van der Waals surface area contributed by atoms with Crippen LogP contribution in [-0.4, -0.2) is 67.9 Å². The van der Waals surface area contributed by atoms with Crippen molar-refractivity contribution in [2.24, 2.45) is 0 Å². The summed E-state index contributed by atoms with van der Waals surface area (Å²) in [6, 6.07) is 8.20. The number of hydrogen-bond donors (Lipinski definition) is 0. The van der Waals surface area contributed by atoms with Gasteiger partial charge >= 0.3 is 0 Å². The summed E-state index contributed by atoms with van der Waals surface area (Å²) in [6.07, 6.45) is 1.18. The predicted octanol–water partition coefficient (Wildman–Crippen LogP) is 0.869. The molecule has 1 atom stereocenters. The first-order chi connectivity index (χ1) is 10.9. The molecule has 0 N–H and O–H groups in total. The minimum Gasteiger partial charge on any atom is -0.340 e.